The molecule has 2 nitrogen and oxygen atoms in total. The lowest BCUT2D eigenvalue weighted by Crippen LogP contribution is -2.05. The van der Waals surface area contributed by atoms with E-state index in [1.165, 1.54) is 16.3 Å². The highest BCUT2D eigenvalue weighted by Gasteiger charge is 2.09. The predicted octanol–water partition coefficient (Wildman–Crippen LogP) is 6.71. The van der Waals surface area contributed by atoms with Gasteiger partial charge in [-0.2, -0.15) is 0 Å². The lowest BCUT2D eigenvalue weighted by molar-refractivity contribution is 0.882. The molecule has 4 heteroatoms. The van der Waals surface area contributed by atoms with E-state index >= 15 is 0 Å². The Bertz CT molecular complexity index is 966. The van der Waals surface area contributed by atoms with Crippen LogP contribution in [0.5, 0.6) is 0 Å². The molecule has 0 aliphatic rings. The summed E-state index contributed by atoms with van der Waals surface area (Å²) in [4.78, 5) is 4.76. The monoisotopic (exact) mass is 410 g/mol. The van der Waals surface area contributed by atoms with E-state index < -0.39 is 0 Å². The second-order valence-electron chi connectivity index (χ2n) is 5.88. The van der Waals surface area contributed by atoms with Gasteiger partial charge in [0.25, 0.3) is 0 Å². The maximum atomic E-state index is 4.76. The van der Waals surface area contributed by atoms with Crippen molar-refractivity contribution in [3.8, 4) is 11.3 Å². The van der Waals surface area contributed by atoms with Crippen LogP contribution in [0.3, 0.4) is 0 Å². The summed E-state index contributed by atoms with van der Waals surface area (Å²) >= 11 is 1.65. The van der Waals surface area contributed by atoms with E-state index in [2.05, 4.69) is 84.4 Å². The van der Waals surface area contributed by atoms with Gasteiger partial charge < -0.3 is 5.32 Å². The van der Waals surface area contributed by atoms with Gasteiger partial charge in [-0.1, -0.05) is 66.7 Å². The molecule has 3 aromatic carbocycles. The second kappa shape index (κ2) is 7.81. The number of aromatic nitrogens is 1. The molecule has 1 atom stereocenters. The minimum absolute atomic E-state index is 0. The van der Waals surface area contributed by atoms with Crippen molar-refractivity contribution in [2.75, 3.05) is 5.32 Å². The van der Waals surface area contributed by atoms with Crippen LogP contribution in [0, 0.1) is 0 Å². The van der Waals surface area contributed by atoms with Gasteiger partial charge in [-0.3, -0.25) is 0 Å². The highest BCUT2D eigenvalue weighted by atomic mass is 79.9. The lowest BCUT2D eigenvalue weighted by Gasteiger charge is -2.12. The maximum Gasteiger partial charge on any atom is 0.183 e. The lowest BCUT2D eigenvalue weighted by atomic mass is 10.1. The van der Waals surface area contributed by atoms with Crippen molar-refractivity contribution >= 4 is 44.2 Å². The van der Waals surface area contributed by atoms with Gasteiger partial charge in [-0.15, -0.1) is 28.3 Å². The molecule has 0 radical (unpaired) electrons. The fourth-order valence-electron chi connectivity index (χ4n) is 2.83. The summed E-state index contributed by atoms with van der Waals surface area (Å²) in [5.41, 5.74) is 3.44. The number of anilines is 1. The minimum atomic E-state index is 0. The summed E-state index contributed by atoms with van der Waals surface area (Å²) < 4.78 is 0. The number of thiazole rings is 1. The summed E-state index contributed by atoms with van der Waals surface area (Å²) in [6.45, 7) is 2.16. The number of hydrogen-bond donors (Lipinski definition) is 1. The first-order valence-corrected chi connectivity index (χ1v) is 8.94. The van der Waals surface area contributed by atoms with Crippen LogP contribution in [0.4, 0.5) is 5.13 Å². The van der Waals surface area contributed by atoms with Crippen LogP contribution in [0.25, 0.3) is 22.0 Å². The highest BCUT2D eigenvalue weighted by Crippen LogP contribution is 2.29. The molecule has 1 aromatic heterocycles. The second-order valence-corrected chi connectivity index (χ2v) is 6.73. The number of nitrogens with one attached hydrogen (secondary N) is 1. The molecular formula is C21H19BrN2S. The third-order valence-corrected chi connectivity index (χ3v) is 4.96. The van der Waals surface area contributed by atoms with Crippen molar-refractivity contribution in [2.24, 2.45) is 0 Å². The van der Waals surface area contributed by atoms with Crippen LogP contribution in [-0.4, -0.2) is 4.98 Å². The Hall–Kier alpha value is -2.17. The highest BCUT2D eigenvalue weighted by molar-refractivity contribution is 8.93. The molecule has 4 aromatic rings. The van der Waals surface area contributed by atoms with Crippen molar-refractivity contribution in [1.29, 1.82) is 0 Å². The van der Waals surface area contributed by atoms with Crippen LogP contribution in [-0.2, 0) is 0 Å². The molecule has 126 valence electrons. The van der Waals surface area contributed by atoms with E-state index in [0.717, 1.165) is 16.4 Å². The summed E-state index contributed by atoms with van der Waals surface area (Å²) in [7, 11) is 0. The van der Waals surface area contributed by atoms with Crippen LogP contribution < -0.4 is 5.32 Å². The third kappa shape index (κ3) is 3.91. The Balaban J connectivity index is 0.00000182. The standard InChI is InChI=1S/C21H18N2S.BrH/c1-15(16-7-3-2-4-8-16)22-21-23-20(14-24-21)19-12-11-17-9-5-6-10-18(17)13-19;/h2-15H,1H3,(H,22,23);1H. The number of halogens is 1. The first kappa shape index (κ1) is 17.6. The maximum absolute atomic E-state index is 4.76. The van der Waals surface area contributed by atoms with Gasteiger partial charge in [0.15, 0.2) is 5.13 Å². The normalized spacial score (nSPS) is 11.7. The Labute approximate surface area is 162 Å². The van der Waals surface area contributed by atoms with Crippen LogP contribution in [0.1, 0.15) is 18.5 Å². The zero-order chi connectivity index (χ0) is 16.4. The van der Waals surface area contributed by atoms with Crippen molar-refractivity contribution in [1.82, 2.24) is 4.98 Å². The molecule has 0 fully saturated rings. The molecule has 0 aliphatic carbocycles. The van der Waals surface area contributed by atoms with E-state index in [0.29, 0.717) is 0 Å². The Morgan fingerprint density at radius 1 is 0.880 bits per heavy atom. The molecule has 4 rings (SSSR count). The molecule has 0 bridgehead atoms. The quantitative estimate of drug-likeness (QED) is 0.404. The van der Waals surface area contributed by atoms with Crippen LogP contribution in [0.2, 0.25) is 0 Å². The molecule has 0 aliphatic heterocycles. The average Bonchev–Trinajstić information content (AvgIpc) is 3.10. The molecule has 1 unspecified atom stereocenters. The zero-order valence-corrected chi connectivity index (χ0v) is 16.4. The van der Waals surface area contributed by atoms with E-state index in [1.54, 1.807) is 11.3 Å². The Morgan fingerprint density at radius 3 is 2.40 bits per heavy atom. The number of rotatable bonds is 4. The number of nitrogens with zero attached hydrogens (tertiary/aromatic N) is 1. The summed E-state index contributed by atoms with van der Waals surface area (Å²) in [6.07, 6.45) is 0. The van der Waals surface area contributed by atoms with Crippen molar-refractivity contribution in [3.63, 3.8) is 0 Å². The van der Waals surface area contributed by atoms with Gasteiger partial charge in [0, 0.05) is 10.9 Å². The minimum Gasteiger partial charge on any atom is -0.355 e. The van der Waals surface area contributed by atoms with Gasteiger partial charge in [0.05, 0.1) is 11.7 Å². The van der Waals surface area contributed by atoms with E-state index in [-0.39, 0.29) is 23.0 Å². The molecule has 25 heavy (non-hydrogen) atoms. The molecule has 0 spiro atoms. The molecule has 1 heterocycles. The number of fused-ring (bicyclic) bond motifs is 1. The van der Waals surface area contributed by atoms with Crippen molar-refractivity contribution < 1.29 is 0 Å². The van der Waals surface area contributed by atoms with Crippen molar-refractivity contribution in [3.05, 3.63) is 83.7 Å². The Kier molecular flexibility index (Phi) is 5.51. The number of benzene rings is 3. The summed E-state index contributed by atoms with van der Waals surface area (Å²) in [6, 6.07) is 25.6. The van der Waals surface area contributed by atoms with Gasteiger partial charge >= 0.3 is 0 Å². The molecule has 0 amide bonds. The molecule has 0 saturated carbocycles. The SMILES string of the molecule is Br.CC(Nc1nc(-c2ccc3ccccc3c2)cs1)c1ccccc1. The first-order valence-electron chi connectivity index (χ1n) is 8.06. The molecular weight excluding hydrogens is 392 g/mol. The van der Waals surface area contributed by atoms with E-state index in [4.69, 9.17) is 4.98 Å². The van der Waals surface area contributed by atoms with Gasteiger partial charge in [0.2, 0.25) is 0 Å². The Morgan fingerprint density at radius 2 is 1.60 bits per heavy atom. The first-order chi connectivity index (χ1) is 11.8. The zero-order valence-electron chi connectivity index (χ0n) is 13.8. The van der Waals surface area contributed by atoms with Crippen LogP contribution in [0.15, 0.2) is 78.2 Å². The predicted molar refractivity (Wildman–Crippen MR) is 114 cm³/mol. The van der Waals surface area contributed by atoms with Crippen molar-refractivity contribution in [2.45, 2.75) is 13.0 Å². The van der Waals surface area contributed by atoms with E-state index in [9.17, 15) is 0 Å². The van der Waals surface area contributed by atoms with Gasteiger partial charge in [0.1, 0.15) is 0 Å². The van der Waals surface area contributed by atoms with Crippen LogP contribution >= 0.6 is 28.3 Å². The topological polar surface area (TPSA) is 24.9 Å². The fraction of sp³-hybridized carbons (Fsp3) is 0.0952. The van der Waals surface area contributed by atoms with E-state index in [1.807, 2.05) is 6.07 Å². The summed E-state index contributed by atoms with van der Waals surface area (Å²) in [5.74, 6) is 0. The molecule has 0 saturated heterocycles. The fourth-order valence-corrected chi connectivity index (χ4v) is 3.64. The average molecular weight is 411 g/mol. The smallest absolute Gasteiger partial charge is 0.183 e. The third-order valence-electron chi connectivity index (χ3n) is 4.19. The summed E-state index contributed by atoms with van der Waals surface area (Å²) in [5, 5.41) is 9.06. The largest absolute Gasteiger partial charge is 0.355 e. The van der Waals surface area contributed by atoms with Gasteiger partial charge in [-0.25, -0.2) is 4.98 Å². The van der Waals surface area contributed by atoms with Gasteiger partial charge in [-0.05, 0) is 29.3 Å². The molecule has 1 N–H and O–H groups in total. The number of hydrogen-bond acceptors (Lipinski definition) is 3.